The Labute approximate surface area is 140 Å². The van der Waals surface area contributed by atoms with Crippen LogP contribution in [0.15, 0.2) is 60.8 Å². The molecule has 7 heteroatoms. The average Bonchev–Trinajstić information content (AvgIpc) is 3.23. The number of hydrogen-bond acceptors (Lipinski definition) is 4. The van der Waals surface area contributed by atoms with Crippen molar-refractivity contribution >= 4 is 28.8 Å². The number of fused-ring (bicyclic) bond motifs is 1. The van der Waals surface area contributed by atoms with E-state index in [1.165, 1.54) is 17.4 Å². The van der Waals surface area contributed by atoms with E-state index in [2.05, 4.69) is 15.5 Å². The van der Waals surface area contributed by atoms with Crippen molar-refractivity contribution in [2.75, 3.05) is 5.32 Å². The van der Waals surface area contributed by atoms with Gasteiger partial charge in [0.15, 0.2) is 5.65 Å². The number of benzene rings is 1. The number of halogens is 1. The quantitative estimate of drug-likeness (QED) is 0.617. The minimum atomic E-state index is -0.310. The fourth-order valence-electron chi connectivity index (χ4n) is 2.36. The van der Waals surface area contributed by atoms with Gasteiger partial charge in [0.1, 0.15) is 5.82 Å². The minimum Gasteiger partial charge on any atom is -0.289 e. The Hall–Kier alpha value is -3.06. The molecule has 3 heterocycles. The summed E-state index contributed by atoms with van der Waals surface area (Å²) < 4.78 is 15.5. The summed E-state index contributed by atoms with van der Waals surface area (Å²) in [6.45, 7) is 0. The number of carbonyl (C=O) groups is 1. The molecule has 1 N–H and O–H groups in total. The molecule has 24 heavy (non-hydrogen) atoms. The summed E-state index contributed by atoms with van der Waals surface area (Å²) in [5, 5.41) is 10.7. The number of nitrogens with one attached hydrogen (secondary N) is 1. The molecular weight excluding hydrogens is 327 g/mol. The number of pyridine rings is 1. The lowest BCUT2D eigenvalue weighted by atomic mass is 10.2. The van der Waals surface area contributed by atoms with Crippen LogP contribution in [0, 0.1) is 5.82 Å². The van der Waals surface area contributed by atoms with Crippen molar-refractivity contribution in [1.29, 1.82) is 0 Å². The second-order valence-corrected chi connectivity index (χ2v) is 6.13. The van der Waals surface area contributed by atoms with Crippen molar-refractivity contribution < 1.29 is 9.18 Å². The molecule has 0 aliphatic rings. The molecule has 0 atom stereocenters. The van der Waals surface area contributed by atoms with E-state index in [9.17, 15) is 9.18 Å². The summed E-state index contributed by atoms with van der Waals surface area (Å²) in [6.07, 6.45) is 1.77. The number of aromatic nitrogens is 3. The summed E-state index contributed by atoms with van der Waals surface area (Å²) in [7, 11) is 0. The Bertz CT molecular complexity index is 1040. The van der Waals surface area contributed by atoms with Crippen LogP contribution in [0.4, 0.5) is 10.3 Å². The first-order chi connectivity index (χ1) is 11.7. The number of hydrogen-bond donors (Lipinski definition) is 1. The van der Waals surface area contributed by atoms with E-state index in [-0.39, 0.29) is 11.7 Å². The van der Waals surface area contributed by atoms with Gasteiger partial charge in [0.25, 0.3) is 5.91 Å². The third kappa shape index (κ3) is 2.55. The maximum absolute atomic E-state index is 13.8. The van der Waals surface area contributed by atoms with Gasteiger partial charge < -0.3 is 0 Å². The van der Waals surface area contributed by atoms with Crippen molar-refractivity contribution in [1.82, 2.24) is 14.6 Å². The van der Waals surface area contributed by atoms with Gasteiger partial charge in [-0.15, -0.1) is 21.5 Å². The monoisotopic (exact) mass is 338 g/mol. The molecule has 0 saturated heterocycles. The SMILES string of the molecule is O=C(Nc1nnc2ccccn12)c1ccc(-c2ccccc2F)s1. The highest BCUT2D eigenvalue weighted by Gasteiger charge is 2.15. The Morgan fingerprint density at radius 3 is 2.75 bits per heavy atom. The molecule has 5 nitrogen and oxygen atoms in total. The summed E-state index contributed by atoms with van der Waals surface area (Å²) in [5.74, 6) is -0.271. The van der Waals surface area contributed by atoms with Crippen LogP contribution in [0.25, 0.3) is 16.1 Å². The highest BCUT2D eigenvalue weighted by molar-refractivity contribution is 7.17. The van der Waals surface area contributed by atoms with Crippen LogP contribution in [0.2, 0.25) is 0 Å². The second kappa shape index (κ2) is 5.86. The van der Waals surface area contributed by atoms with E-state index in [0.717, 1.165) is 0 Å². The van der Waals surface area contributed by atoms with Gasteiger partial charge in [0, 0.05) is 16.6 Å². The topological polar surface area (TPSA) is 59.3 Å². The largest absolute Gasteiger partial charge is 0.289 e. The molecule has 118 valence electrons. The first-order valence-electron chi connectivity index (χ1n) is 7.18. The third-order valence-corrected chi connectivity index (χ3v) is 4.63. The lowest BCUT2D eigenvalue weighted by Gasteiger charge is -2.01. The highest BCUT2D eigenvalue weighted by atomic mass is 32.1. The molecule has 0 radical (unpaired) electrons. The standard InChI is InChI=1S/C17H11FN4OS/c18-12-6-2-1-5-11(12)13-8-9-14(24-13)16(23)19-17-21-20-15-7-3-4-10-22(15)17/h1-10H,(H,19,21,23). The van der Waals surface area contributed by atoms with Crippen molar-refractivity contribution in [3.8, 4) is 10.4 Å². The molecule has 3 aromatic heterocycles. The van der Waals surface area contributed by atoms with Gasteiger partial charge in [0.05, 0.1) is 4.88 Å². The zero-order valence-corrected chi connectivity index (χ0v) is 13.1. The number of amides is 1. The Balaban J connectivity index is 1.61. The van der Waals surface area contributed by atoms with Crippen LogP contribution in [0.5, 0.6) is 0 Å². The number of rotatable bonds is 3. The van der Waals surface area contributed by atoms with Crippen LogP contribution in [-0.4, -0.2) is 20.5 Å². The van der Waals surface area contributed by atoms with Crippen LogP contribution in [0.3, 0.4) is 0 Å². The predicted octanol–water partition coefficient (Wildman–Crippen LogP) is 3.85. The summed E-state index contributed by atoms with van der Waals surface area (Å²) in [4.78, 5) is 13.6. The van der Waals surface area contributed by atoms with E-state index in [4.69, 9.17) is 0 Å². The van der Waals surface area contributed by atoms with Gasteiger partial charge in [-0.2, -0.15) is 0 Å². The third-order valence-electron chi connectivity index (χ3n) is 3.51. The van der Waals surface area contributed by atoms with Crippen molar-refractivity contribution in [2.24, 2.45) is 0 Å². The maximum atomic E-state index is 13.8. The Morgan fingerprint density at radius 1 is 1.04 bits per heavy atom. The first kappa shape index (κ1) is 14.5. The Kier molecular flexibility index (Phi) is 3.55. The van der Waals surface area contributed by atoms with Gasteiger partial charge in [-0.3, -0.25) is 14.5 Å². The summed E-state index contributed by atoms with van der Waals surface area (Å²) >= 11 is 1.23. The van der Waals surface area contributed by atoms with Crippen molar-refractivity contribution in [3.05, 3.63) is 71.5 Å². The maximum Gasteiger partial charge on any atom is 0.268 e. The molecule has 1 amide bonds. The predicted molar refractivity (Wildman–Crippen MR) is 90.7 cm³/mol. The van der Waals surface area contributed by atoms with E-state index in [1.54, 1.807) is 47.0 Å². The van der Waals surface area contributed by atoms with E-state index < -0.39 is 0 Å². The van der Waals surface area contributed by atoms with Crippen molar-refractivity contribution in [2.45, 2.75) is 0 Å². The number of anilines is 1. The zero-order valence-electron chi connectivity index (χ0n) is 12.3. The number of nitrogens with zero attached hydrogens (tertiary/aromatic N) is 3. The minimum absolute atomic E-state index is 0.305. The molecule has 0 aliphatic carbocycles. The molecule has 4 rings (SSSR count). The Morgan fingerprint density at radius 2 is 1.88 bits per heavy atom. The molecule has 0 spiro atoms. The fourth-order valence-corrected chi connectivity index (χ4v) is 3.28. The first-order valence-corrected chi connectivity index (χ1v) is 8.00. The van der Waals surface area contributed by atoms with E-state index in [0.29, 0.717) is 26.9 Å². The van der Waals surface area contributed by atoms with Gasteiger partial charge in [-0.25, -0.2) is 4.39 Å². The molecular formula is C17H11FN4OS. The fraction of sp³-hybridized carbons (Fsp3) is 0. The zero-order chi connectivity index (χ0) is 16.5. The average molecular weight is 338 g/mol. The van der Waals surface area contributed by atoms with Crippen LogP contribution >= 0.6 is 11.3 Å². The second-order valence-electron chi connectivity index (χ2n) is 5.05. The number of thiophene rings is 1. The van der Waals surface area contributed by atoms with Crippen LogP contribution in [-0.2, 0) is 0 Å². The van der Waals surface area contributed by atoms with Gasteiger partial charge in [-0.1, -0.05) is 24.3 Å². The van der Waals surface area contributed by atoms with Gasteiger partial charge >= 0.3 is 0 Å². The molecule has 4 aromatic rings. The highest BCUT2D eigenvalue weighted by Crippen LogP contribution is 2.30. The van der Waals surface area contributed by atoms with Crippen LogP contribution in [0.1, 0.15) is 9.67 Å². The van der Waals surface area contributed by atoms with Crippen LogP contribution < -0.4 is 5.32 Å². The van der Waals surface area contributed by atoms with E-state index >= 15 is 0 Å². The van der Waals surface area contributed by atoms with E-state index in [1.807, 2.05) is 12.1 Å². The molecule has 0 saturated carbocycles. The summed E-state index contributed by atoms with van der Waals surface area (Å²) in [6, 6.07) is 15.4. The normalized spacial score (nSPS) is 10.9. The lowest BCUT2D eigenvalue weighted by molar-refractivity contribution is 0.102. The molecule has 0 aliphatic heterocycles. The molecule has 0 bridgehead atoms. The smallest absolute Gasteiger partial charge is 0.268 e. The van der Waals surface area contributed by atoms with Gasteiger partial charge in [0.2, 0.25) is 5.95 Å². The van der Waals surface area contributed by atoms with Crippen molar-refractivity contribution in [3.63, 3.8) is 0 Å². The molecule has 0 unspecified atom stereocenters. The molecule has 0 fully saturated rings. The molecule has 1 aromatic carbocycles. The number of carbonyl (C=O) groups excluding carboxylic acids is 1. The summed E-state index contributed by atoms with van der Waals surface area (Å²) in [5.41, 5.74) is 1.13. The lowest BCUT2D eigenvalue weighted by Crippen LogP contribution is -2.12. The van der Waals surface area contributed by atoms with Gasteiger partial charge in [-0.05, 0) is 30.3 Å².